The average molecular weight is 373 g/mol. The summed E-state index contributed by atoms with van der Waals surface area (Å²) in [4.78, 5) is 32.9. The van der Waals surface area contributed by atoms with E-state index in [0.29, 0.717) is 6.42 Å². The van der Waals surface area contributed by atoms with E-state index in [1.54, 1.807) is 6.20 Å². The molecule has 1 aromatic rings. The fraction of sp³-hybridized carbons (Fsp3) is 0.667. The van der Waals surface area contributed by atoms with Crippen molar-refractivity contribution in [1.29, 1.82) is 0 Å². The summed E-state index contributed by atoms with van der Waals surface area (Å²) >= 11 is 0. The second-order valence-electron chi connectivity index (χ2n) is 9.09. The van der Waals surface area contributed by atoms with Crippen LogP contribution in [0.3, 0.4) is 0 Å². The van der Waals surface area contributed by atoms with Crippen LogP contribution in [0.15, 0.2) is 24.5 Å². The van der Waals surface area contributed by atoms with E-state index in [1.165, 1.54) is 5.56 Å². The first-order chi connectivity index (χ1) is 12.8. The van der Waals surface area contributed by atoms with Crippen LogP contribution in [0.4, 0.5) is 4.79 Å². The second kappa shape index (κ2) is 7.87. The Hall–Kier alpha value is -2.11. The minimum Gasteiger partial charge on any atom is -0.342 e. The largest absolute Gasteiger partial charge is 0.342 e. The third kappa shape index (κ3) is 5.21. The lowest BCUT2D eigenvalue weighted by Crippen LogP contribution is -2.55. The van der Waals surface area contributed by atoms with Crippen molar-refractivity contribution < 1.29 is 9.59 Å². The highest BCUT2D eigenvalue weighted by Gasteiger charge is 2.41. The van der Waals surface area contributed by atoms with Gasteiger partial charge in [0.05, 0.1) is 0 Å². The summed E-state index contributed by atoms with van der Waals surface area (Å²) < 4.78 is 0. The van der Waals surface area contributed by atoms with Gasteiger partial charge in [0.15, 0.2) is 0 Å². The molecule has 27 heavy (non-hydrogen) atoms. The Bertz CT molecular complexity index is 661. The molecule has 3 heterocycles. The molecule has 2 saturated heterocycles. The average Bonchev–Trinajstić information content (AvgIpc) is 2.63. The molecular weight excluding hydrogens is 340 g/mol. The molecule has 0 bridgehead atoms. The maximum atomic E-state index is 12.4. The number of nitrogens with zero attached hydrogens (tertiary/aromatic N) is 3. The van der Waals surface area contributed by atoms with Gasteiger partial charge in [0.2, 0.25) is 5.91 Å². The van der Waals surface area contributed by atoms with Gasteiger partial charge in [0, 0.05) is 50.5 Å². The Labute approximate surface area is 162 Å². The highest BCUT2D eigenvalue weighted by molar-refractivity contribution is 5.77. The van der Waals surface area contributed by atoms with Crippen LogP contribution < -0.4 is 5.32 Å². The molecule has 3 rings (SSSR count). The third-order valence-corrected chi connectivity index (χ3v) is 5.73. The van der Waals surface area contributed by atoms with Crippen LogP contribution >= 0.6 is 0 Å². The lowest BCUT2D eigenvalue weighted by Gasteiger charge is -2.47. The van der Waals surface area contributed by atoms with E-state index >= 15 is 0 Å². The number of carbonyl (C=O) groups excluding carboxylic acids is 2. The molecule has 0 saturated carbocycles. The maximum absolute atomic E-state index is 12.4. The molecule has 2 fully saturated rings. The van der Waals surface area contributed by atoms with Gasteiger partial charge in [-0.3, -0.25) is 9.78 Å². The molecule has 2 aliphatic heterocycles. The number of hydrogen-bond acceptors (Lipinski definition) is 3. The quantitative estimate of drug-likeness (QED) is 0.887. The molecule has 0 aliphatic carbocycles. The number of hydrogen-bond donors (Lipinski definition) is 1. The SMILES string of the molecule is CC(C)(C)NC(=O)N1CCC2(CCC(=O)N(CCc3cccnc3)C2)CC1. The smallest absolute Gasteiger partial charge is 0.317 e. The van der Waals surface area contributed by atoms with E-state index in [0.717, 1.165) is 51.9 Å². The van der Waals surface area contributed by atoms with Crippen molar-refractivity contribution in [3.05, 3.63) is 30.1 Å². The van der Waals surface area contributed by atoms with E-state index in [9.17, 15) is 9.59 Å². The Morgan fingerprint density at radius 1 is 1.26 bits per heavy atom. The first kappa shape index (κ1) is 19.6. The van der Waals surface area contributed by atoms with Crippen LogP contribution in [0.5, 0.6) is 0 Å². The van der Waals surface area contributed by atoms with Crippen LogP contribution in [0.2, 0.25) is 0 Å². The minimum absolute atomic E-state index is 0.0256. The van der Waals surface area contributed by atoms with Crippen molar-refractivity contribution in [3.8, 4) is 0 Å². The van der Waals surface area contributed by atoms with Gasteiger partial charge in [0.1, 0.15) is 0 Å². The standard InChI is InChI=1S/C21H32N4O2/c1-20(2,3)23-19(27)24-13-9-21(10-14-24)8-6-18(26)25(16-21)12-7-17-5-4-11-22-15-17/h4-5,11,15H,6-10,12-14,16H2,1-3H3,(H,23,27). The molecule has 0 radical (unpaired) electrons. The van der Waals surface area contributed by atoms with E-state index in [4.69, 9.17) is 0 Å². The minimum atomic E-state index is -0.216. The van der Waals surface area contributed by atoms with Crippen molar-refractivity contribution >= 4 is 11.9 Å². The van der Waals surface area contributed by atoms with Crippen molar-refractivity contribution in [2.75, 3.05) is 26.2 Å². The van der Waals surface area contributed by atoms with Gasteiger partial charge < -0.3 is 15.1 Å². The number of pyridine rings is 1. The maximum Gasteiger partial charge on any atom is 0.317 e. The number of rotatable bonds is 3. The lowest BCUT2D eigenvalue weighted by molar-refractivity contribution is -0.138. The van der Waals surface area contributed by atoms with Crippen LogP contribution in [0.25, 0.3) is 0 Å². The van der Waals surface area contributed by atoms with Crippen molar-refractivity contribution in [3.63, 3.8) is 0 Å². The summed E-state index contributed by atoms with van der Waals surface area (Å²) in [6.45, 7) is 9.12. The van der Waals surface area contributed by atoms with Gasteiger partial charge in [-0.1, -0.05) is 6.07 Å². The van der Waals surface area contributed by atoms with Crippen LogP contribution in [-0.2, 0) is 11.2 Å². The number of carbonyl (C=O) groups is 2. The summed E-state index contributed by atoms with van der Waals surface area (Å²) in [5.41, 5.74) is 1.12. The number of likely N-dealkylation sites (tertiary alicyclic amines) is 2. The molecule has 1 spiro atoms. The number of urea groups is 1. The van der Waals surface area contributed by atoms with E-state index in [1.807, 2.05) is 42.8 Å². The number of nitrogens with one attached hydrogen (secondary N) is 1. The molecule has 0 atom stereocenters. The molecule has 6 heteroatoms. The fourth-order valence-corrected chi connectivity index (χ4v) is 4.11. The highest BCUT2D eigenvalue weighted by atomic mass is 16.2. The first-order valence-corrected chi connectivity index (χ1v) is 10.0. The summed E-state index contributed by atoms with van der Waals surface area (Å²) in [5.74, 6) is 0.262. The molecule has 3 amide bonds. The van der Waals surface area contributed by atoms with Gasteiger partial charge in [-0.05, 0) is 63.5 Å². The van der Waals surface area contributed by atoms with Gasteiger partial charge in [-0.25, -0.2) is 4.79 Å². The molecule has 1 aromatic heterocycles. The number of aromatic nitrogens is 1. The Morgan fingerprint density at radius 2 is 2.00 bits per heavy atom. The van der Waals surface area contributed by atoms with Crippen molar-refractivity contribution in [1.82, 2.24) is 20.1 Å². The molecule has 0 aromatic carbocycles. The zero-order valence-electron chi connectivity index (χ0n) is 16.8. The number of piperidine rings is 2. The van der Waals surface area contributed by atoms with E-state index < -0.39 is 0 Å². The summed E-state index contributed by atoms with van der Waals surface area (Å²) in [7, 11) is 0. The first-order valence-electron chi connectivity index (χ1n) is 10.0. The molecule has 0 unspecified atom stereocenters. The van der Waals surface area contributed by atoms with Gasteiger partial charge in [0.25, 0.3) is 0 Å². The fourth-order valence-electron chi connectivity index (χ4n) is 4.11. The van der Waals surface area contributed by atoms with Crippen LogP contribution in [-0.4, -0.2) is 58.4 Å². The van der Waals surface area contributed by atoms with Crippen LogP contribution in [0, 0.1) is 5.41 Å². The summed E-state index contributed by atoms with van der Waals surface area (Å²) in [5, 5.41) is 3.05. The summed E-state index contributed by atoms with van der Waals surface area (Å²) in [6, 6.07) is 4.02. The Kier molecular flexibility index (Phi) is 5.72. The highest BCUT2D eigenvalue weighted by Crippen LogP contribution is 2.40. The lowest BCUT2D eigenvalue weighted by atomic mass is 9.72. The second-order valence-corrected chi connectivity index (χ2v) is 9.09. The molecular formula is C21H32N4O2. The van der Waals surface area contributed by atoms with E-state index in [-0.39, 0.29) is 22.9 Å². The topological polar surface area (TPSA) is 65.5 Å². The van der Waals surface area contributed by atoms with Gasteiger partial charge in [-0.2, -0.15) is 0 Å². The molecule has 6 nitrogen and oxygen atoms in total. The van der Waals surface area contributed by atoms with Gasteiger partial charge >= 0.3 is 6.03 Å². The zero-order chi connectivity index (χ0) is 19.5. The van der Waals surface area contributed by atoms with Crippen molar-refractivity contribution in [2.45, 2.75) is 58.4 Å². The Balaban J connectivity index is 1.54. The monoisotopic (exact) mass is 372 g/mol. The summed E-state index contributed by atoms with van der Waals surface area (Å²) in [6.07, 6.45) is 8.01. The van der Waals surface area contributed by atoms with E-state index in [2.05, 4.69) is 16.4 Å². The normalized spacial score (nSPS) is 20.0. The van der Waals surface area contributed by atoms with Gasteiger partial charge in [-0.15, -0.1) is 0 Å². The van der Waals surface area contributed by atoms with Crippen LogP contribution in [0.1, 0.15) is 52.0 Å². The zero-order valence-corrected chi connectivity index (χ0v) is 16.8. The number of amides is 3. The van der Waals surface area contributed by atoms with Crippen molar-refractivity contribution in [2.24, 2.45) is 5.41 Å². The Morgan fingerprint density at radius 3 is 2.63 bits per heavy atom. The predicted molar refractivity (Wildman–Crippen MR) is 105 cm³/mol. The molecule has 148 valence electrons. The molecule has 1 N–H and O–H groups in total. The predicted octanol–water partition coefficient (Wildman–Crippen LogP) is 2.84. The molecule has 2 aliphatic rings. The third-order valence-electron chi connectivity index (χ3n) is 5.73.